The Morgan fingerprint density at radius 1 is 1.35 bits per heavy atom. The molecule has 1 aromatic carbocycles. The van der Waals surface area contributed by atoms with Gasteiger partial charge in [-0.3, -0.25) is 0 Å². The van der Waals surface area contributed by atoms with Gasteiger partial charge in [0.2, 0.25) is 0 Å². The Morgan fingerprint density at radius 3 is 2.85 bits per heavy atom. The molecule has 0 heterocycles. The van der Waals surface area contributed by atoms with E-state index in [-0.39, 0.29) is 11.9 Å². The minimum atomic E-state index is -0.0797. The molecule has 0 radical (unpaired) electrons. The van der Waals surface area contributed by atoms with Crippen molar-refractivity contribution in [1.29, 1.82) is 0 Å². The minimum absolute atomic E-state index is 0.0797. The van der Waals surface area contributed by atoms with Crippen LogP contribution in [0.15, 0.2) is 22.7 Å². The van der Waals surface area contributed by atoms with Crippen LogP contribution in [0.2, 0.25) is 0 Å². The van der Waals surface area contributed by atoms with Gasteiger partial charge in [0, 0.05) is 11.6 Å². The molecule has 2 aliphatic rings. The van der Waals surface area contributed by atoms with E-state index < -0.39 is 0 Å². The molecule has 0 aromatic heterocycles. The molecule has 4 unspecified atom stereocenters. The van der Waals surface area contributed by atoms with Crippen molar-refractivity contribution >= 4 is 15.9 Å². The normalized spacial score (nSPS) is 29.9. The molecule has 1 nitrogen and oxygen atoms in total. The van der Waals surface area contributed by atoms with Gasteiger partial charge in [-0.05, 0) is 72.0 Å². The van der Waals surface area contributed by atoms with E-state index in [9.17, 15) is 4.39 Å². The van der Waals surface area contributed by atoms with Crippen LogP contribution in [0.1, 0.15) is 50.6 Å². The maximum Gasteiger partial charge on any atom is 0.142 e. The maximum absolute atomic E-state index is 14.5. The summed E-state index contributed by atoms with van der Waals surface area (Å²) >= 11 is 3.33. The van der Waals surface area contributed by atoms with Gasteiger partial charge in [0.1, 0.15) is 5.82 Å². The number of nitrogens with one attached hydrogen (secondary N) is 1. The van der Waals surface area contributed by atoms with Crippen LogP contribution in [0.4, 0.5) is 4.39 Å². The fourth-order valence-corrected chi connectivity index (χ4v) is 4.64. The fraction of sp³-hybridized carbons (Fsp3) is 0.647. The van der Waals surface area contributed by atoms with E-state index in [1.807, 2.05) is 12.1 Å². The molecule has 110 valence electrons. The number of hydrogen-bond acceptors (Lipinski definition) is 1. The average molecular weight is 340 g/mol. The summed E-state index contributed by atoms with van der Waals surface area (Å²) in [5, 5.41) is 3.62. The first-order chi connectivity index (χ1) is 9.70. The third-order valence-electron chi connectivity index (χ3n) is 5.15. The highest BCUT2D eigenvalue weighted by molar-refractivity contribution is 9.10. The van der Waals surface area contributed by atoms with Gasteiger partial charge >= 0.3 is 0 Å². The Labute approximate surface area is 129 Å². The summed E-state index contributed by atoms with van der Waals surface area (Å²) < 4.78 is 15.1. The summed E-state index contributed by atoms with van der Waals surface area (Å²) in [6, 6.07) is 5.88. The highest BCUT2D eigenvalue weighted by Crippen LogP contribution is 2.52. The molecular weight excluding hydrogens is 317 g/mol. The lowest BCUT2D eigenvalue weighted by molar-refractivity contribution is 0.246. The predicted molar refractivity (Wildman–Crippen MR) is 84.1 cm³/mol. The monoisotopic (exact) mass is 339 g/mol. The van der Waals surface area contributed by atoms with Crippen molar-refractivity contribution in [3.63, 3.8) is 0 Å². The highest BCUT2D eigenvalue weighted by Gasteiger charge is 2.43. The molecule has 0 amide bonds. The molecule has 3 rings (SSSR count). The van der Waals surface area contributed by atoms with Crippen molar-refractivity contribution in [2.24, 2.45) is 17.8 Å². The van der Waals surface area contributed by atoms with E-state index in [2.05, 4.69) is 28.2 Å². The summed E-state index contributed by atoms with van der Waals surface area (Å²) in [4.78, 5) is 0. The van der Waals surface area contributed by atoms with E-state index >= 15 is 0 Å². The van der Waals surface area contributed by atoms with Crippen LogP contribution in [0.5, 0.6) is 0 Å². The molecule has 3 heteroatoms. The SMILES string of the molecule is CCCNC(c1cccc(Br)c1F)C1CC2CCC1C2. The number of rotatable bonds is 5. The van der Waals surface area contributed by atoms with E-state index in [1.54, 1.807) is 6.07 Å². The lowest BCUT2D eigenvalue weighted by Crippen LogP contribution is -2.32. The fourth-order valence-electron chi connectivity index (χ4n) is 4.25. The van der Waals surface area contributed by atoms with E-state index in [0.29, 0.717) is 10.4 Å². The molecule has 2 fully saturated rings. The van der Waals surface area contributed by atoms with Crippen LogP contribution in [-0.4, -0.2) is 6.54 Å². The Kier molecular flexibility index (Phi) is 4.46. The van der Waals surface area contributed by atoms with Crippen molar-refractivity contribution in [3.05, 3.63) is 34.1 Å². The van der Waals surface area contributed by atoms with E-state index in [0.717, 1.165) is 30.4 Å². The lowest BCUT2D eigenvalue weighted by atomic mass is 9.80. The number of hydrogen-bond donors (Lipinski definition) is 1. The molecule has 1 aromatic rings. The van der Waals surface area contributed by atoms with Crippen LogP contribution >= 0.6 is 15.9 Å². The minimum Gasteiger partial charge on any atom is -0.310 e. The lowest BCUT2D eigenvalue weighted by Gasteiger charge is -2.32. The zero-order valence-electron chi connectivity index (χ0n) is 12.0. The van der Waals surface area contributed by atoms with Gasteiger partial charge in [0.25, 0.3) is 0 Å². The van der Waals surface area contributed by atoms with Crippen molar-refractivity contribution in [1.82, 2.24) is 5.32 Å². The van der Waals surface area contributed by atoms with Gasteiger partial charge in [-0.25, -0.2) is 4.39 Å². The van der Waals surface area contributed by atoms with Gasteiger partial charge in [0.05, 0.1) is 4.47 Å². The summed E-state index contributed by atoms with van der Waals surface area (Å²) in [5.41, 5.74) is 0.852. The van der Waals surface area contributed by atoms with Gasteiger partial charge in [-0.2, -0.15) is 0 Å². The highest BCUT2D eigenvalue weighted by atomic mass is 79.9. The standard InChI is InChI=1S/C17H23BrFN/c1-2-8-20-17(13-4-3-5-15(18)16(13)19)14-10-11-6-7-12(14)9-11/h3-5,11-12,14,17,20H,2,6-10H2,1H3. The first-order valence-corrected chi connectivity index (χ1v) is 8.67. The molecule has 1 N–H and O–H groups in total. The third-order valence-corrected chi connectivity index (χ3v) is 5.76. The molecule has 2 saturated carbocycles. The zero-order valence-corrected chi connectivity index (χ0v) is 13.6. The number of fused-ring (bicyclic) bond motifs is 2. The summed E-state index contributed by atoms with van der Waals surface area (Å²) in [6.07, 6.45) is 6.47. The molecule has 0 spiro atoms. The smallest absolute Gasteiger partial charge is 0.142 e. The van der Waals surface area contributed by atoms with Crippen molar-refractivity contribution < 1.29 is 4.39 Å². The van der Waals surface area contributed by atoms with Crippen LogP contribution < -0.4 is 5.32 Å². The second kappa shape index (κ2) is 6.15. The number of benzene rings is 1. The largest absolute Gasteiger partial charge is 0.310 e. The zero-order chi connectivity index (χ0) is 14.1. The van der Waals surface area contributed by atoms with Crippen LogP contribution in [0, 0.1) is 23.6 Å². The molecule has 2 aliphatic carbocycles. The van der Waals surface area contributed by atoms with Crippen molar-refractivity contribution in [2.75, 3.05) is 6.54 Å². The number of halogens is 2. The quantitative estimate of drug-likeness (QED) is 0.789. The third kappa shape index (κ3) is 2.67. The summed E-state index contributed by atoms with van der Waals surface area (Å²) in [6.45, 7) is 3.13. The van der Waals surface area contributed by atoms with Crippen LogP contribution in [0.3, 0.4) is 0 Å². The molecule has 0 aliphatic heterocycles. The Hall–Kier alpha value is -0.410. The van der Waals surface area contributed by atoms with E-state index in [1.165, 1.54) is 25.7 Å². The molecule has 4 atom stereocenters. The summed E-state index contributed by atoms with van der Waals surface area (Å²) in [7, 11) is 0. The maximum atomic E-state index is 14.5. The average Bonchev–Trinajstić information content (AvgIpc) is 3.06. The van der Waals surface area contributed by atoms with Crippen LogP contribution in [0.25, 0.3) is 0 Å². The topological polar surface area (TPSA) is 12.0 Å². The molecule has 20 heavy (non-hydrogen) atoms. The Balaban J connectivity index is 1.87. The van der Waals surface area contributed by atoms with Gasteiger partial charge in [0.15, 0.2) is 0 Å². The second-order valence-electron chi connectivity index (χ2n) is 6.41. The first kappa shape index (κ1) is 14.5. The first-order valence-electron chi connectivity index (χ1n) is 7.88. The van der Waals surface area contributed by atoms with Crippen molar-refractivity contribution in [3.8, 4) is 0 Å². The second-order valence-corrected chi connectivity index (χ2v) is 7.27. The molecule has 2 bridgehead atoms. The van der Waals surface area contributed by atoms with Gasteiger partial charge < -0.3 is 5.32 Å². The van der Waals surface area contributed by atoms with Crippen molar-refractivity contribution in [2.45, 2.75) is 45.1 Å². The van der Waals surface area contributed by atoms with Gasteiger partial charge in [-0.1, -0.05) is 25.5 Å². The summed E-state index contributed by atoms with van der Waals surface area (Å²) in [5.74, 6) is 2.23. The Bertz CT molecular complexity index is 476. The van der Waals surface area contributed by atoms with E-state index in [4.69, 9.17) is 0 Å². The molecule has 0 saturated heterocycles. The van der Waals surface area contributed by atoms with Gasteiger partial charge in [-0.15, -0.1) is 0 Å². The Morgan fingerprint density at radius 2 is 2.20 bits per heavy atom. The predicted octanol–water partition coefficient (Wildman–Crippen LogP) is 5.07. The molecular formula is C17H23BrFN. The van der Waals surface area contributed by atoms with Crippen LogP contribution in [-0.2, 0) is 0 Å².